The van der Waals surface area contributed by atoms with Crippen molar-refractivity contribution in [3.63, 3.8) is 0 Å². The number of benzene rings is 1. The molecule has 1 heterocycles. The average Bonchev–Trinajstić information content (AvgIpc) is 2.28. The van der Waals surface area contributed by atoms with E-state index in [0.29, 0.717) is 16.8 Å². The van der Waals surface area contributed by atoms with Gasteiger partial charge in [-0.15, -0.1) is 0 Å². The minimum absolute atomic E-state index is 0.264. The monoisotopic (exact) mass is 283 g/mol. The Morgan fingerprint density at radius 2 is 1.83 bits per heavy atom. The summed E-state index contributed by atoms with van der Waals surface area (Å²) in [5, 5.41) is 3.26. The topological polar surface area (TPSA) is 72.0 Å². The molecule has 2 rings (SSSR count). The first kappa shape index (κ1) is 12.8. The van der Waals surface area contributed by atoms with Crippen molar-refractivity contribution in [3.8, 4) is 0 Å². The molecule has 0 spiro atoms. The van der Waals surface area contributed by atoms with Gasteiger partial charge in [-0.3, -0.25) is 0 Å². The van der Waals surface area contributed by atoms with Crippen LogP contribution in [0, 0.1) is 0 Å². The van der Waals surface area contributed by atoms with Crippen LogP contribution < -0.4 is 5.32 Å². The lowest BCUT2D eigenvalue weighted by Crippen LogP contribution is -1.99. The van der Waals surface area contributed by atoms with Crippen LogP contribution in [0.5, 0.6) is 0 Å². The number of anilines is 2. The smallest absolute Gasteiger partial charge is 0.228 e. The van der Waals surface area contributed by atoms with Gasteiger partial charge in [-0.05, 0) is 30.3 Å². The Balaban J connectivity index is 2.21. The zero-order valence-electron chi connectivity index (χ0n) is 9.46. The molecule has 0 aliphatic heterocycles. The number of sulfone groups is 1. The summed E-state index contributed by atoms with van der Waals surface area (Å²) in [6.07, 6.45) is 2.69. The van der Waals surface area contributed by atoms with Crippen molar-refractivity contribution < 1.29 is 8.42 Å². The van der Waals surface area contributed by atoms with Crippen LogP contribution in [0.4, 0.5) is 11.6 Å². The normalized spacial score (nSPS) is 11.2. The van der Waals surface area contributed by atoms with E-state index in [1.54, 1.807) is 18.2 Å². The van der Waals surface area contributed by atoms with Crippen LogP contribution in [-0.2, 0) is 9.84 Å². The van der Waals surface area contributed by atoms with Gasteiger partial charge in [-0.2, -0.15) is 0 Å². The molecule has 0 saturated heterocycles. The third-order valence-electron chi connectivity index (χ3n) is 2.16. The first-order valence-electron chi connectivity index (χ1n) is 5.01. The van der Waals surface area contributed by atoms with Gasteiger partial charge in [0.15, 0.2) is 9.84 Å². The molecule has 1 N–H and O–H groups in total. The van der Waals surface area contributed by atoms with Crippen LogP contribution in [0.15, 0.2) is 41.4 Å². The zero-order chi connectivity index (χ0) is 13.2. The molecule has 0 aliphatic rings. The number of halogens is 1. The lowest BCUT2D eigenvalue weighted by Gasteiger charge is -2.05. The first-order chi connectivity index (χ1) is 8.45. The van der Waals surface area contributed by atoms with E-state index in [0.717, 1.165) is 6.26 Å². The molecule has 7 heteroatoms. The Morgan fingerprint density at radius 1 is 1.17 bits per heavy atom. The average molecular weight is 284 g/mol. The maximum atomic E-state index is 11.3. The minimum Gasteiger partial charge on any atom is -0.324 e. The molecule has 0 saturated carbocycles. The highest BCUT2D eigenvalue weighted by atomic mass is 35.5. The number of hydrogen-bond donors (Lipinski definition) is 1. The summed E-state index contributed by atoms with van der Waals surface area (Å²) in [6, 6.07) is 7.88. The Bertz CT molecular complexity index is 656. The lowest BCUT2D eigenvalue weighted by molar-refractivity contribution is 0.602. The lowest BCUT2D eigenvalue weighted by atomic mass is 10.3. The van der Waals surface area contributed by atoms with Gasteiger partial charge in [0, 0.05) is 18.1 Å². The molecule has 1 aromatic carbocycles. The molecule has 0 radical (unpaired) electrons. The summed E-state index contributed by atoms with van der Waals surface area (Å²) in [7, 11) is -3.18. The van der Waals surface area contributed by atoms with Crippen LogP contribution in [0.2, 0.25) is 5.15 Å². The highest BCUT2D eigenvalue weighted by Gasteiger charge is 2.06. The van der Waals surface area contributed by atoms with Gasteiger partial charge in [-0.1, -0.05) is 11.6 Å². The molecule has 2 aromatic rings. The summed E-state index contributed by atoms with van der Waals surface area (Å²) in [4.78, 5) is 8.21. The molecule has 5 nitrogen and oxygen atoms in total. The number of aromatic nitrogens is 2. The van der Waals surface area contributed by atoms with Crippen molar-refractivity contribution >= 4 is 33.1 Å². The molecule has 94 valence electrons. The summed E-state index contributed by atoms with van der Waals surface area (Å²) in [5.41, 5.74) is 0.685. The third kappa shape index (κ3) is 3.18. The minimum atomic E-state index is -3.18. The fraction of sp³-hybridized carbons (Fsp3) is 0.0909. The van der Waals surface area contributed by atoms with Crippen molar-refractivity contribution in [1.29, 1.82) is 0 Å². The predicted octanol–water partition coefficient (Wildman–Crippen LogP) is 2.28. The Morgan fingerprint density at radius 3 is 2.39 bits per heavy atom. The summed E-state index contributed by atoms with van der Waals surface area (Å²) >= 11 is 5.73. The summed E-state index contributed by atoms with van der Waals surface area (Å²) < 4.78 is 22.6. The fourth-order valence-electron chi connectivity index (χ4n) is 1.31. The SMILES string of the molecule is CS(=O)(=O)c1ccc(Nc2nccc(Cl)n2)cc1. The number of rotatable bonds is 3. The van der Waals surface area contributed by atoms with Crippen molar-refractivity contribution in [1.82, 2.24) is 9.97 Å². The Labute approximate surface area is 110 Å². The molecule has 18 heavy (non-hydrogen) atoms. The molecule has 0 fully saturated rings. The molecule has 0 bridgehead atoms. The molecule has 0 amide bonds. The van der Waals surface area contributed by atoms with E-state index >= 15 is 0 Å². The van der Waals surface area contributed by atoms with Crippen LogP contribution >= 0.6 is 11.6 Å². The van der Waals surface area contributed by atoms with E-state index in [4.69, 9.17) is 11.6 Å². The molecule has 1 aromatic heterocycles. The van der Waals surface area contributed by atoms with Crippen LogP contribution in [0.3, 0.4) is 0 Å². The van der Waals surface area contributed by atoms with Gasteiger partial charge >= 0.3 is 0 Å². The van der Waals surface area contributed by atoms with E-state index in [2.05, 4.69) is 15.3 Å². The van der Waals surface area contributed by atoms with E-state index in [-0.39, 0.29) is 4.90 Å². The van der Waals surface area contributed by atoms with Gasteiger partial charge < -0.3 is 5.32 Å². The van der Waals surface area contributed by atoms with E-state index in [9.17, 15) is 8.42 Å². The van der Waals surface area contributed by atoms with Crippen LogP contribution in [0.1, 0.15) is 0 Å². The Kier molecular flexibility index (Phi) is 3.49. The fourth-order valence-corrected chi connectivity index (χ4v) is 2.08. The van der Waals surface area contributed by atoms with Crippen molar-refractivity contribution in [2.75, 3.05) is 11.6 Å². The second kappa shape index (κ2) is 4.91. The third-order valence-corrected chi connectivity index (χ3v) is 3.50. The highest BCUT2D eigenvalue weighted by Crippen LogP contribution is 2.17. The number of hydrogen-bond acceptors (Lipinski definition) is 5. The first-order valence-corrected chi connectivity index (χ1v) is 7.28. The molecular formula is C11H10ClN3O2S. The molecule has 0 aliphatic carbocycles. The molecule has 0 unspecified atom stereocenters. The quantitative estimate of drug-likeness (QED) is 0.875. The second-order valence-electron chi connectivity index (χ2n) is 3.62. The second-order valence-corrected chi connectivity index (χ2v) is 6.03. The summed E-state index contributed by atoms with van der Waals surface area (Å²) in [5.74, 6) is 0.356. The number of nitrogens with one attached hydrogen (secondary N) is 1. The summed E-state index contributed by atoms with van der Waals surface area (Å²) in [6.45, 7) is 0. The van der Waals surface area contributed by atoms with E-state index in [1.165, 1.54) is 18.3 Å². The standard InChI is InChI=1S/C11H10ClN3O2S/c1-18(16,17)9-4-2-8(3-5-9)14-11-13-7-6-10(12)15-11/h2-7H,1H3,(H,13,14,15). The molecular weight excluding hydrogens is 274 g/mol. The van der Waals surface area contributed by atoms with Crippen LogP contribution in [0.25, 0.3) is 0 Å². The zero-order valence-corrected chi connectivity index (χ0v) is 11.0. The van der Waals surface area contributed by atoms with Gasteiger partial charge in [0.05, 0.1) is 4.90 Å². The van der Waals surface area contributed by atoms with Crippen LogP contribution in [-0.4, -0.2) is 24.6 Å². The largest absolute Gasteiger partial charge is 0.324 e. The van der Waals surface area contributed by atoms with Gasteiger partial charge in [-0.25, -0.2) is 18.4 Å². The van der Waals surface area contributed by atoms with E-state index < -0.39 is 9.84 Å². The van der Waals surface area contributed by atoms with Crippen molar-refractivity contribution in [2.24, 2.45) is 0 Å². The maximum Gasteiger partial charge on any atom is 0.228 e. The predicted molar refractivity (Wildman–Crippen MR) is 69.9 cm³/mol. The van der Waals surface area contributed by atoms with Crippen molar-refractivity contribution in [3.05, 3.63) is 41.7 Å². The maximum absolute atomic E-state index is 11.3. The molecule has 0 atom stereocenters. The van der Waals surface area contributed by atoms with Gasteiger partial charge in [0.1, 0.15) is 5.15 Å². The Hall–Kier alpha value is -1.66. The van der Waals surface area contributed by atoms with E-state index in [1.807, 2.05) is 0 Å². The number of nitrogens with zero attached hydrogens (tertiary/aromatic N) is 2. The van der Waals surface area contributed by atoms with Gasteiger partial charge in [0.25, 0.3) is 0 Å². The van der Waals surface area contributed by atoms with Crippen molar-refractivity contribution in [2.45, 2.75) is 4.90 Å². The van der Waals surface area contributed by atoms with Gasteiger partial charge in [0.2, 0.25) is 5.95 Å². The highest BCUT2D eigenvalue weighted by molar-refractivity contribution is 7.90.